The van der Waals surface area contributed by atoms with Crippen molar-refractivity contribution < 1.29 is 207 Å². The topological polar surface area (TPSA) is 58.5 Å². The molecule has 1 N–H and O–H groups in total. The van der Waals surface area contributed by atoms with Crippen LogP contribution in [0, 0.1) is 6.92 Å². The van der Waals surface area contributed by atoms with E-state index in [-0.39, 0.29) is 12.5 Å². The fraction of sp³-hybridized carbons (Fsp3) is 0.765. The summed E-state index contributed by atoms with van der Waals surface area (Å²) < 4.78 is 630. The van der Waals surface area contributed by atoms with Crippen molar-refractivity contribution in [3.8, 4) is 0 Å². The average molecular weight is 1340 g/mol. The maximum atomic E-state index is 14.6. The summed E-state index contributed by atoms with van der Waals surface area (Å²) in [5.41, 5.74) is -1.97. The number of halogens is 45. The zero-order chi connectivity index (χ0) is 67.8. The second kappa shape index (κ2) is 20.0. The molecule has 49 heteroatoms. The van der Waals surface area contributed by atoms with E-state index in [9.17, 15) is 207 Å². The van der Waals surface area contributed by atoms with Crippen LogP contribution < -0.4 is 5.32 Å². The van der Waals surface area contributed by atoms with Crippen LogP contribution in [0.15, 0.2) is 23.2 Å². The quantitative estimate of drug-likeness (QED) is 0.0603. The van der Waals surface area contributed by atoms with Crippen LogP contribution >= 0.6 is 0 Å². The van der Waals surface area contributed by atoms with Crippen LogP contribution in [0.2, 0.25) is 0 Å². The monoisotopic (exact) mass is 1340 g/mol. The normalized spacial score (nSPS) is 16.7. The van der Waals surface area contributed by atoms with Crippen LogP contribution in [0.1, 0.15) is 29.3 Å². The predicted octanol–water partition coefficient (Wildman–Crippen LogP) is 16.4. The van der Waals surface area contributed by atoms with E-state index in [2.05, 4.69) is 4.99 Å². The molecule has 486 valence electrons. The van der Waals surface area contributed by atoms with Crippen molar-refractivity contribution in [3.05, 3.63) is 29.3 Å². The van der Waals surface area contributed by atoms with Crippen molar-refractivity contribution in [2.75, 3.05) is 0 Å². The number of hydrogen-bond acceptors (Lipinski definition) is 3. The average Bonchev–Trinajstić information content (AvgIpc) is 3.27. The molecule has 1 unspecified atom stereocenters. The molecule has 0 bridgehead atoms. The molecule has 0 aliphatic rings. The molecule has 0 aliphatic heterocycles. The van der Waals surface area contributed by atoms with Gasteiger partial charge in [-0.3, -0.25) is 4.79 Å². The first-order chi connectivity index (χ1) is 35.5. The zero-order valence-electron chi connectivity index (χ0n) is 37.3. The Morgan fingerprint density at radius 2 is 0.578 bits per heavy atom. The summed E-state index contributed by atoms with van der Waals surface area (Å²) in [7, 11) is 0. The number of hydrogen-bond donors (Lipinski definition) is 1. The number of carbonyl (C=O) groups is 1. The van der Waals surface area contributed by atoms with Crippen LogP contribution in [0.5, 0.6) is 0 Å². The Kier molecular flexibility index (Phi) is 18.3. The third kappa shape index (κ3) is 9.52. The number of rotatable bonds is 25. The second-order valence-electron chi connectivity index (χ2n) is 16.5. The maximum absolute atomic E-state index is 14.6. The number of benzene rings is 1. The number of nitrogens with zero attached hydrogens (tertiary/aromatic N) is 1. The van der Waals surface area contributed by atoms with Crippen LogP contribution in [0.25, 0.3) is 0 Å². The summed E-state index contributed by atoms with van der Waals surface area (Å²) in [6, 6.07) is -0.794. The van der Waals surface area contributed by atoms with E-state index in [1.165, 1.54) is 0 Å². The highest BCUT2D eigenvalue weighted by Crippen LogP contribution is 2.72. The van der Waals surface area contributed by atoms with Crippen molar-refractivity contribution in [1.29, 1.82) is 0 Å². The molecule has 4 nitrogen and oxygen atoms in total. The van der Waals surface area contributed by atoms with Crippen molar-refractivity contribution in [3.63, 3.8) is 0 Å². The predicted molar refractivity (Wildman–Crippen MR) is 170 cm³/mol. The Bertz CT molecular complexity index is 2600. The standard InChI is InChI=1S/C34H13F45N2O2/c1-8-3-4-11(80-7-82)10(5-8)12(83)81-9(2)6-13(35,36)14(37,38)15(39,40)16(41,42)17(43,44)18(45,46)19(47,48)20(49,50)21(51,52)22(53,54)23(55,56)24(57,58)25(59,60)26(61,62)27(63,64)28(65,66)29(67,68)30(69,70)31(71,72)32(73,74)33(75,76)34(77,78)79/h3-5,9H,6H2,1-2H3,(H,81,83). The Balaban J connectivity index is 4.08. The van der Waals surface area contributed by atoms with Gasteiger partial charge in [0.25, 0.3) is 5.91 Å². The minimum atomic E-state index is -10.8. The second-order valence-corrected chi connectivity index (χ2v) is 16.5. The summed E-state index contributed by atoms with van der Waals surface area (Å²) in [4.78, 5) is 25.8. The zero-order valence-corrected chi connectivity index (χ0v) is 37.3. The largest absolute Gasteiger partial charge is 0.460 e. The third-order valence-corrected chi connectivity index (χ3v) is 10.8. The molecule has 1 rings (SSSR count). The summed E-state index contributed by atoms with van der Waals surface area (Å²) in [6.45, 7) is 0.958. The summed E-state index contributed by atoms with van der Waals surface area (Å²) in [5.74, 6) is -215. The van der Waals surface area contributed by atoms with Gasteiger partial charge in [0.2, 0.25) is 6.08 Å². The van der Waals surface area contributed by atoms with E-state index in [0.29, 0.717) is 12.1 Å². The van der Waals surface area contributed by atoms with E-state index in [0.717, 1.165) is 24.4 Å². The molecule has 1 aromatic carbocycles. The van der Waals surface area contributed by atoms with Gasteiger partial charge in [-0.05, 0) is 26.0 Å². The Morgan fingerprint density at radius 3 is 0.783 bits per heavy atom. The first kappa shape index (κ1) is 75.9. The molecule has 0 aliphatic carbocycles. The first-order valence-electron chi connectivity index (χ1n) is 19.0. The van der Waals surface area contributed by atoms with Gasteiger partial charge in [-0.15, -0.1) is 0 Å². The lowest BCUT2D eigenvalue weighted by molar-refractivity contribution is -0.497. The highest BCUT2D eigenvalue weighted by molar-refractivity contribution is 5.99. The molecule has 0 saturated carbocycles. The van der Waals surface area contributed by atoms with Gasteiger partial charge >= 0.3 is 131 Å². The summed E-state index contributed by atoms with van der Waals surface area (Å²) >= 11 is 0. The molecule has 1 atom stereocenters. The van der Waals surface area contributed by atoms with Gasteiger partial charge < -0.3 is 5.32 Å². The number of amides is 1. The Hall–Kier alpha value is -5.08. The molecule has 0 fully saturated rings. The molecular weight excluding hydrogens is 1320 g/mol. The van der Waals surface area contributed by atoms with Crippen molar-refractivity contribution in [2.45, 2.75) is 157 Å². The molecule has 0 radical (unpaired) electrons. The van der Waals surface area contributed by atoms with Crippen molar-refractivity contribution in [2.24, 2.45) is 4.99 Å². The van der Waals surface area contributed by atoms with Gasteiger partial charge in [-0.1, -0.05) is 11.6 Å². The number of aliphatic imine (C=N–C) groups is 1. The first-order valence-corrected chi connectivity index (χ1v) is 19.0. The number of nitrogens with one attached hydrogen (secondary N) is 1. The lowest BCUT2D eigenvalue weighted by Gasteiger charge is -2.47. The van der Waals surface area contributed by atoms with Gasteiger partial charge in [-0.25, -0.2) is 4.79 Å². The molecule has 1 aromatic rings. The van der Waals surface area contributed by atoms with Crippen LogP contribution in [-0.4, -0.2) is 149 Å². The third-order valence-electron chi connectivity index (χ3n) is 10.8. The number of carbonyl (C=O) groups excluding carboxylic acids is 2. The molecule has 1 amide bonds. The van der Waals surface area contributed by atoms with Gasteiger partial charge in [-0.2, -0.15) is 203 Å². The Morgan fingerprint density at radius 1 is 0.373 bits per heavy atom. The highest BCUT2D eigenvalue weighted by Gasteiger charge is 3.04. The van der Waals surface area contributed by atoms with E-state index in [4.69, 9.17) is 0 Å². The maximum Gasteiger partial charge on any atom is 0.460 e. The fourth-order valence-electron chi connectivity index (χ4n) is 5.80. The summed E-state index contributed by atoms with van der Waals surface area (Å²) in [5, 5.41) is 1.09. The van der Waals surface area contributed by atoms with Gasteiger partial charge in [0.05, 0.1) is 11.3 Å². The van der Waals surface area contributed by atoms with Crippen LogP contribution in [-0.2, 0) is 4.79 Å². The number of alkyl halides is 45. The van der Waals surface area contributed by atoms with E-state index < -0.39 is 160 Å². The van der Waals surface area contributed by atoms with E-state index >= 15 is 0 Å². The molecule has 0 heterocycles. The smallest absolute Gasteiger partial charge is 0.349 e. The van der Waals surface area contributed by atoms with Gasteiger partial charge in [0.1, 0.15) is 0 Å². The molecule has 0 saturated heterocycles. The Labute approximate surface area is 422 Å². The van der Waals surface area contributed by atoms with Crippen LogP contribution in [0.4, 0.5) is 203 Å². The number of isocyanates is 1. The molecule has 0 aromatic heterocycles. The fourth-order valence-corrected chi connectivity index (χ4v) is 5.80. The van der Waals surface area contributed by atoms with Crippen LogP contribution in [0.3, 0.4) is 0 Å². The van der Waals surface area contributed by atoms with Crippen molar-refractivity contribution in [1.82, 2.24) is 5.32 Å². The summed E-state index contributed by atoms with van der Waals surface area (Å²) in [6.07, 6.45) is -11.3. The van der Waals surface area contributed by atoms with E-state index in [1.54, 1.807) is 0 Å². The SMILES string of the molecule is Cc1ccc(N=C=O)c(C(=O)NC(C)CC(F)(F)C(F)(F)C(F)(F)C(F)(F)C(F)(F)C(F)(F)C(F)(F)C(F)(F)C(F)(F)C(F)(F)C(F)(F)C(F)(F)C(F)(F)C(F)(F)C(F)(F)C(F)(F)C(F)(F)C(F)(F)C(F)(F)C(F)(F)C(F)(F)C(F)(F)F)c1. The molecule has 83 heavy (non-hydrogen) atoms. The highest BCUT2D eigenvalue weighted by atomic mass is 19.4. The lowest BCUT2D eigenvalue weighted by Crippen LogP contribution is -2.81. The molecule has 0 spiro atoms. The molecular formula is C34H13F45N2O2. The minimum Gasteiger partial charge on any atom is -0.349 e. The van der Waals surface area contributed by atoms with Gasteiger partial charge in [0, 0.05) is 12.5 Å². The lowest BCUT2D eigenvalue weighted by atomic mass is 9.81. The van der Waals surface area contributed by atoms with Crippen molar-refractivity contribution >= 4 is 17.7 Å². The minimum absolute atomic E-state index is 0.0854. The van der Waals surface area contributed by atoms with E-state index in [1.807, 2.05) is 0 Å². The van der Waals surface area contributed by atoms with Gasteiger partial charge in [0.15, 0.2) is 0 Å². The number of aryl methyl sites for hydroxylation is 1.